The van der Waals surface area contributed by atoms with Gasteiger partial charge in [-0.15, -0.1) is 0 Å². The highest BCUT2D eigenvalue weighted by Crippen LogP contribution is 2.48. The van der Waals surface area contributed by atoms with Crippen LogP contribution < -0.4 is 5.32 Å². The largest absolute Gasteiger partial charge is 0.481 e. The number of anilines is 1. The number of carbonyl (C=O) groups is 2. The maximum Gasteiger partial charge on any atom is 0.307 e. The Bertz CT molecular complexity index is 599. The first-order valence-electron chi connectivity index (χ1n) is 6.54. The summed E-state index contributed by atoms with van der Waals surface area (Å²) < 4.78 is 0.873. The molecule has 5 heteroatoms. The molecule has 1 aromatic carbocycles. The molecule has 1 amide bonds. The summed E-state index contributed by atoms with van der Waals surface area (Å²) in [7, 11) is 0. The second-order valence-electron chi connectivity index (χ2n) is 5.34. The minimum atomic E-state index is -0.878. The Morgan fingerprint density at radius 1 is 1.20 bits per heavy atom. The van der Waals surface area contributed by atoms with E-state index in [1.54, 1.807) is 12.1 Å². The van der Waals surface area contributed by atoms with Crippen LogP contribution in [-0.2, 0) is 9.59 Å². The summed E-state index contributed by atoms with van der Waals surface area (Å²) in [4.78, 5) is 23.8. The molecule has 0 unspecified atom stereocenters. The minimum absolute atomic E-state index is 0.00393. The van der Waals surface area contributed by atoms with Crippen LogP contribution in [0.4, 0.5) is 5.69 Å². The van der Waals surface area contributed by atoms with Gasteiger partial charge in [0.1, 0.15) is 0 Å². The molecule has 4 atom stereocenters. The molecule has 1 fully saturated rings. The Balaban J connectivity index is 1.80. The first kappa shape index (κ1) is 13.4. The van der Waals surface area contributed by atoms with Crippen molar-refractivity contribution in [2.75, 3.05) is 5.32 Å². The maximum atomic E-state index is 12.4. The number of allylic oxidation sites excluding steroid dienone is 2. The van der Waals surface area contributed by atoms with Crippen molar-refractivity contribution in [1.29, 1.82) is 0 Å². The summed E-state index contributed by atoms with van der Waals surface area (Å²) in [5, 5.41) is 12.2. The van der Waals surface area contributed by atoms with Crippen LogP contribution in [-0.4, -0.2) is 17.0 Å². The van der Waals surface area contributed by atoms with Crippen LogP contribution in [0.2, 0.25) is 0 Å². The molecule has 20 heavy (non-hydrogen) atoms. The van der Waals surface area contributed by atoms with E-state index in [4.69, 9.17) is 0 Å². The molecule has 3 rings (SSSR count). The summed E-state index contributed by atoms with van der Waals surface area (Å²) in [5.41, 5.74) is 0.681. The van der Waals surface area contributed by atoms with Crippen LogP contribution in [0.15, 0.2) is 40.9 Å². The van der Waals surface area contributed by atoms with Crippen LogP contribution in [0, 0.1) is 23.7 Å². The quantitative estimate of drug-likeness (QED) is 0.834. The molecule has 0 heterocycles. The van der Waals surface area contributed by atoms with Crippen LogP contribution in [0.5, 0.6) is 0 Å². The number of amides is 1. The van der Waals surface area contributed by atoms with Crippen molar-refractivity contribution in [3.8, 4) is 0 Å². The highest BCUT2D eigenvalue weighted by Gasteiger charge is 2.51. The summed E-state index contributed by atoms with van der Waals surface area (Å²) >= 11 is 3.35. The molecule has 4 nitrogen and oxygen atoms in total. The third kappa shape index (κ3) is 2.26. The fraction of sp³-hybridized carbons (Fsp3) is 0.333. The fourth-order valence-corrected chi connectivity index (χ4v) is 3.71. The molecule has 0 spiro atoms. The van der Waals surface area contributed by atoms with E-state index < -0.39 is 17.8 Å². The minimum Gasteiger partial charge on any atom is -0.481 e. The number of rotatable bonds is 3. The third-order valence-corrected chi connectivity index (χ3v) is 4.63. The van der Waals surface area contributed by atoms with E-state index >= 15 is 0 Å². The first-order chi connectivity index (χ1) is 9.56. The van der Waals surface area contributed by atoms with Gasteiger partial charge in [0.15, 0.2) is 0 Å². The Kier molecular flexibility index (Phi) is 3.38. The van der Waals surface area contributed by atoms with E-state index in [-0.39, 0.29) is 17.7 Å². The third-order valence-electron chi connectivity index (χ3n) is 4.14. The topological polar surface area (TPSA) is 66.4 Å². The number of hydrogen-bond acceptors (Lipinski definition) is 2. The van der Waals surface area contributed by atoms with Gasteiger partial charge in [-0.05, 0) is 36.5 Å². The number of fused-ring (bicyclic) bond motifs is 2. The molecular weight excluding hydrogens is 322 g/mol. The van der Waals surface area contributed by atoms with E-state index in [2.05, 4.69) is 21.2 Å². The summed E-state index contributed by atoms with van der Waals surface area (Å²) in [5.74, 6) is -2.11. The summed E-state index contributed by atoms with van der Waals surface area (Å²) in [6.45, 7) is 0. The maximum absolute atomic E-state index is 12.4. The molecule has 2 N–H and O–H groups in total. The van der Waals surface area contributed by atoms with E-state index in [1.165, 1.54) is 0 Å². The molecule has 1 aromatic rings. The second-order valence-corrected chi connectivity index (χ2v) is 6.25. The van der Waals surface area contributed by atoms with Crippen LogP contribution in [0.3, 0.4) is 0 Å². The van der Waals surface area contributed by atoms with Gasteiger partial charge in [-0.1, -0.05) is 34.1 Å². The number of nitrogens with one attached hydrogen (secondary N) is 1. The van der Waals surface area contributed by atoms with Gasteiger partial charge in [0, 0.05) is 10.2 Å². The van der Waals surface area contributed by atoms with Crippen molar-refractivity contribution in [3.05, 3.63) is 40.9 Å². The van der Waals surface area contributed by atoms with Crippen molar-refractivity contribution in [3.63, 3.8) is 0 Å². The lowest BCUT2D eigenvalue weighted by atomic mass is 9.82. The lowest BCUT2D eigenvalue weighted by Crippen LogP contribution is -2.36. The number of carboxylic acid groups (broad SMARTS) is 1. The predicted molar refractivity (Wildman–Crippen MR) is 78.1 cm³/mol. The van der Waals surface area contributed by atoms with Gasteiger partial charge in [-0.3, -0.25) is 9.59 Å². The molecule has 104 valence electrons. The predicted octanol–water partition coefficient (Wildman–Crippen LogP) is 2.91. The number of carbonyl (C=O) groups excluding carboxylic acids is 1. The zero-order chi connectivity index (χ0) is 14.3. The lowest BCUT2D eigenvalue weighted by molar-refractivity contribution is -0.146. The van der Waals surface area contributed by atoms with Gasteiger partial charge in [0.25, 0.3) is 0 Å². The number of benzene rings is 1. The van der Waals surface area contributed by atoms with Gasteiger partial charge >= 0.3 is 5.97 Å². The van der Waals surface area contributed by atoms with Crippen molar-refractivity contribution in [2.24, 2.45) is 23.7 Å². The van der Waals surface area contributed by atoms with Crippen molar-refractivity contribution >= 4 is 33.5 Å². The SMILES string of the molecule is O=C(O)[C@@H]1[C@H](C(=O)Nc2cccc(Br)c2)[C@@H]2C=C[C@@H]1C2. The molecule has 0 saturated heterocycles. The zero-order valence-electron chi connectivity index (χ0n) is 10.6. The Labute approximate surface area is 125 Å². The molecule has 2 bridgehead atoms. The van der Waals surface area contributed by atoms with E-state index in [1.807, 2.05) is 24.3 Å². The Hall–Kier alpha value is -1.62. The number of carboxylic acids is 1. The Morgan fingerprint density at radius 3 is 2.55 bits per heavy atom. The van der Waals surface area contributed by atoms with Crippen LogP contribution in [0.25, 0.3) is 0 Å². The van der Waals surface area contributed by atoms with Gasteiger partial charge in [-0.2, -0.15) is 0 Å². The highest BCUT2D eigenvalue weighted by molar-refractivity contribution is 9.10. The fourth-order valence-electron chi connectivity index (χ4n) is 3.31. The summed E-state index contributed by atoms with van der Waals surface area (Å²) in [6, 6.07) is 7.29. The van der Waals surface area contributed by atoms with Gasteiger partial charge < -0.3 is 10.4 Å². The molecular formula is C15H14BrNO3. The van der Waals surface area contributed by atoms with Crippen LogP contribution >= 0.6 is 15.9 Å². The molecule has 1 saturated carbocycles. The van der Waals surface area contributed by atoms with Crippen molar-refractivity contribution in [2.45, 2.75) is 6.42 Å². The average molecular weight is 336 g/mol. The smallest absolute Gasteiger partial charge is 0.307 e. The lowest BCUT2D eigenvalue weighted by Gasteiger charge is -2.23. The van der Waals surface area contributed by atoms with Crippen molar-refractivity contribution < 1.29 is 14.7 Å². The average Bonchev–Trinajstić information content (AvgIpc) is 2.98. The number of aliphatic carboxylic acids is 1. The summed E-state index contributed by atoms with van der Waals surface area (Å²) in [6.07, 6.45) is 4.69. The van der Waals surface area contributed by atoms with E-state index in [0.29, 0.717) is 5.69 Å². The molecule has 2 aliphatic rings. The normalized spacial score (nSPS) is 30.4. The number of halogens is 1. The molecule has 0 aromatic heterocycles. The van der Waals surface area contributed by atoms with Gasteiger partial charge in [0.2, 0.25) is 5.91 Å². The van der Waals surface area contributed by atoms with Crippen molar-refractivity contribution in [1.82, 2.24) is 0 Å². The highest BCUT2D eigenvalue weighted by atomic mass is 79.9. The van der Waals surface area contributed by atoms with E-state index in [0.717, 1.165) is 10.9 Å². The molecule has 0 aliphatic heterocycles. The standard InChI is InChI=1S/C15H14BrNO3/c16-10-2-1-3-11(7-10)17-14(18)12-8-4-5-9(6-8)13(12)15(19)20/h1-5,7-9,12-13H,6H2,(H,17,18)(H,19,20)/t8-,9-,12-,13+/m1/s1. The second kappa shape index (κ2) is 5.05. The molecule has 2 aliphatic carbocycles. The molecule has 0 radical (unpaired) electrons. The monoisotopic (exact) mass is 335 g/mol. The van der Waals surface area contributed by atoms with Crippen LogP contribution in [0.1, 0.15) is 6.42 Å². The zero-order valence-corrected chi connectivity index (χ0v) is 12.2. The number of hydrogen-bond donors (Lipinski definition) is 2. The first-order valence-corrected chi connectivity index (χ1v) is 7.33. The van der Waals surface area contributed by atoms with E-state index in [9.17, 15) is 14.7 Å². The van der Waals surface area contributed by atoms with Gasteiger partial charge in [-0.25, -0.2) is 0 Å². The van der Waals surface area contributed by atoms with Gasteiger partial charge in [0.05, 0.1) is 11.8 Å². The Morgan fingerprint density at radius 2 is 1.90 bits per heavy atom.